The highest BCUT2D eigenvalue weighted by Gasteiger charge is 2.17. The van der Waals surface area contributed by atoms with Crippen LogP contribution in [0.1, 0.15) is 42.0 Å². The Morgan fingerprint density at radius 2 is 2.00 bits per heavy atom. The Bertz CT molecular complexity index is 957. The SMILES string of the molecule is C/C(N)=C/C(=C\N)c1ccc(CN(C=O)Cc2cccc(OCC3CCCO3)c2C)cc1. The lowest BCUT2D eigenvalue weighted by Gasteiger charge is -2.21. The summed E-state index contributed by atoms with van der Waals surface area (Å²) in [5, 5.41) is 0. The molecule has 1 fully saturated rings. The van der Waals surface area contributed by atoms with E-state index >= 15 is 0 Å². The number of hydrogen-bond donors (Lipinski definition) is 2. The van der Waals surface area contributed by atoms with Crippen LogP contribution < -0.4 is 16.2 Å². The highest BCUT2D eigenvalue weighted by Crippen LogP contribution is 2.24. The minimum atomic E-state index is 0.173. The molecule has 1 aliphatic rings. The Kier molecular flexibility index (Phi) is 8.34. The maximum absolute atomic E-state index is 11.8. The van der Waals surface area contributed by atoms with E-state index in [1.54, 1.807) is 11.1 Å². The van der Waals surface area contributed by atoms with Gasteiger partial charge in [-0.15, -0.1) is 0 Å². The fourth-order valence-electron chi connectivity index (χ4n) is 3.81. The first-order chi connectivity index (χ1) is 15.5. The summed E-state index contributed by atoms with van der Waals surface area (Å²) >= 11 is 0. The topological polar surface area (TPSA) is 90.8 Å². The van der Waals surface area contributed by atoms with E-state index in [-0.39, 0.29) is 6.10 Å². The lowest BCUT2D eigenvalue weighted by atomic mass is 10.0. The fourth-order valence-corrected chi connectivity index (χ4v) is 3.81. The standard InChI is InChI=1S/C26H33N3O3/c1-19(28)13-24(14-27)22-10-8-21(9-11-22)15-29(18-30)16-23-5-3-7-26(20(23)2)32-17-25-6-4-12-31-25/h3,5,7-11,13-14,18,25H,4,6,12,15-17,27-28H2,1-2H3/b19-13-,24-14+. The summed E-state index contributed by atoms with van der Waals surface area (Å²) in [6, 6.07) is 14.0. The van der Waals surface area contributed by atoms with Crippen molar-refractivity contribution < 1.29 is 14.3 Å². The molecule has 4 N–H and O–H groups in total. The molecular formula is C26H33N3O3. The van der Waals surface area contributed by atoms with Crippen LogP contribution in [0.5, 0.6) is 5.75 Å². The van der Waals surface area contributed by atoms with Crippen molar-refractivity contribution in [2.45, 2.75) is 45.9 Å². The molecule has 0 spiro atoms. The monoisotopic (exact) mass is 435 g/mol. The lowest BCUT2D eigenvalue weighted by Crippen LogP contribution is -2.22. The van der Waals surface area contributed by atoms with Crippen molar-refractivity contribution in [1.29, 1.82) is 0 Å². The number of benzene rings is 2. The molecule has 2 aromatic carbocycles. The van der Waals surface area contributed by atoms with Gasteiger partial charge in [0, 0.05) is 31.6 Å². The van der Waals surface area contributed by atoms with Crippen molar-refractivity contribution >= 4 is 12.0 Å². The van der Waals surface area contributed by atoms with E-state index in [2.05, 4.69) is 0 Å². The van der Waals surface area contributed by atoms with Gasteiger partial charge in [0.25, 0.3) is 0 Å². The summed E-state index contributed by atoms with van der Waals surface area (Å²) < 4.78 is 11.7. The van der Waals surface area contributed by atoms with Crippen LogP contribution in [0, 0.1) is 6.92 Å². The third-order valence-corrected chi connectivity index (χ3v) is 5.60. The molecule has 1 atom stereocenters. The van der Waals surface area contributed by atoms with E-state index in [1.807, 2.05) is 62.4 Å². The predicted molar refractivity (Wildman–Crippen MR) is 128 cm³/mol. The number of ether oxygens (including phenoxy) is 2. The Hall–Kier alpha value is -3.25. The Morgan fingerprint density at radius 1 is 1.22 bits per heavy atom. The maximum Gasteiger partial charge on any atom is 0.210 e. The van der Waals surface area contributed by atoms with Gasteiger partial charge in [0.15, 0.2) is 0 Å². The van der Waals surface area contributed by atoms with Gasteiger partial charge in [-0.1, -0.05) is 36.4 Å². The Balaban J connectivity index is 1.64. The molecule has 170 valence electrons. The average Bonchev–Trinajstić information content (AvgIpc) is 3.31. The minimum absolute atomic E-state index is 0.173. The fraction of sp³-hybridized carbons (Fsp3) is 0.346. The normalized spacial score (nSPS) is 16.8. The van der Waals surface area contributed by atoms with E-state index in [9.17, 15) is 4.79 Å². The smallest absolute Gasteiger partial charge is 0.210 e. The molecule has 0 aromatic heterocycles. The summed E-state index contributed by atoms with van der Waals surface area (Å²) in [5.74, 6) is 0.845. The summed E-state index contributed by atoms with van der Waals surface area (Å²) in [5.41, 5.74) is 17.2. The quantitative estimate of drug-likeness (QED) is 0.437. The van der Waals surface area contributed by atoms with Crippen LogP contribution in [0.15, 0.2) is 60.4 Å². The van der Waals surface area contributed by atoms with E-state index in [0.29, 0.717) is 25.4 Å². The number of nitrogens with zero attached hydrogens (tertiary/aromatic N) is 1. The highest BCUT2D eigenvalue weighted by molar-refractivity contribution is 5.74. The largest absolute Gasteiger partial charge is 0.491 e. The van der Waals surface area contributed by atoms with Gasteiger partial charge in [0.1, 0.15) is 12.4 Å². The second kappa shape index (κ2) is 11.4. The van der Waals surface area contributed by atoms with Gasteiger partial charge in [0.2, 0.25) is 6.41 Å². The third kappa shape index (κ3) is 6.37. The van der Waals surface area contributed by atoms with Gasteiger partial charge in [-0.25, -0.2) is 0 Å². The molecule has 1 unspecified atom stereocenters. The molecule has 1 saturated heterocycles. The van der Waals surface area contributed by atoms with Gasteiger partial charge in [-0.3, -0.25) is 4.79 Å². The Labute approximate surface area is 190 Å². The van der Waals surface area contributed by atoms with Crippen molar-refractivity contribution in [3.63, 3.8) is 0 Å². The first-order valence-corrected chi connectivity index (χ1v) is 11.0. The van der Waals surface area contributed by atoms with Gasteiger partial charge in [-0.2, -0.15) is 0 Å². The van der Waals surface area contributed by atoms with Crippen molar-refractivity contribution in [2.75, 3.05) is 13.2 Å². The zero-order valence-electron chi connectivity index (χ0n) is 18.9. The van der Waals surface area contributed by atoms with Crippen LogP contribution in [-0.2, 0) is 22.6 Å². The van der Waals surface area contributed by atoms with E-state index < -0.39 is 0 Å². The summed E-state index contributed by atoms with van der Waals surface area (Å²) in [6.45, 7) is 6.26. The number of hydrogen-bond acceptors (Lipinski definition) is 5. The predicted octanol–water partition coefficient (Wildman–Crippen LogP) is 3.87. The molecule has 1 amide bonds. The van der Waals surface area contributed by atoms with Crippen LogP contribution in [0.2, 0.25) is 0 Å². The van der Waals surface area contributed by atoms with E-state index in [0.717, 1.165) is 59.4 Å². The van der Waals surface area contributed by atoms with Crippen molar-refractivity contribution in [3.05, 3.63) is 82.7 Å². The Morgan fingerprint density at radius 3 is 2.62 bits per heavy atom. The van der Waals surface area contributed by atoms with Gasteiger partial charge < -0.3 is 25.8 Å². The molecule has 0 saturated carbocycles. The van der Waals surface area contributed by atoms with Gasteiger partial charge in [0.05, 0.1) is 6.10 Å². The van der Waals surface area contributed by atoms with Crippen LogP contribution in [0.3, 0.4) is 0 Å². The molecule has 6 heteroatoms. The van der Waals surface area contributed by atoms with Gasteiger partial charge >= 0.3 is 0 Å². The van der Waals surface area contributed by atoms with E-state index in [4.69, 9.17) is 20.9 Å². The molecule has 0 aliphatic carbocycles. The number of amides is 1. The maximum atomic E-state index is 11.8. The molecule has 2 aromatic rings. The lowest BCUT2D eigenvalue weighted by molar-refractivity contribution is -0.119. The van der Waals surface area contributed by atoms with E-state index in [1.165, 1.54) is 0 Å². The molecule has 1 aliphatic heterocycles. The number of allylic oxidation sites excluding steroid dienone is 3. The number of rotatable bonds is 10. The van der Waals surface area contributed by atoms with Crippen LogP contribution >= 0.6 is 0 Å². The number of carbonyl (C=O) groups excluding carboxylic acids is 1. The second-order valence-corrected chi connectivity index (χ2v) is 8.20. The van der Waals surface area contributed by atoms with Crippen LogP contribution in [0.25, 0.3) is 5.57 Å². The zero-order chi connectivity index (χ0) is 22.9. The van der Waals surface area contributed by atoms with Crippen molar-refractivity contribution in [1.82, 2.24) is 4.90 Å². The van der Waals surface area contributed by atoms with Crippen LogP contribution in [0.4, 0.5) is 0 Å². The third-order valence-electron chi connectivity index (χ3n) is 5.60. The first kappa shape index (κ1) is 23.4. The highest BCUT2D eigenvalue weighted by atomic mass is 16.5. The molecule has 6 nitrogen and oxygen atoms in total. The molecular weight excluding hydrogens is 402 g/mol. The van der Waals surface area contributed by atoms with Crippen molar-refractivity contribution in [3.8, 4) is 5.75 Å². The average molecular weight is 436 g/mol. The summed E-state index contributed by atoms with van der Waals surface area (Å²) in [4.78, 5) is 13.5. The zero-order valence-corrected chi connectivity index (χ0v) is 18.9. The second-order valence-electron chi connectivity index (χ2n) is 8.20. The van der Waals surface area contributed by atoms with Crippen LogP contribution in [-0.4, -0.2) is 30.6 Å². The molecule has 32 heavy (non-hydrogen) atoms. The molecule has 3 rings (SSSR count). The molecule has 0 radical (unpaired) electrons. The number of carbonyl (C=O) groups is 1. The summed E-state index contributed by atoms with van der Waals surface area (Å²) in [6.07, 6.45) is 6.57. The number of nitrogens with two attached hydrogens (primary N) is 2. The minimum Gasteiger partial charge on any atom is -0.491 e. The molecule has 0 bridgehead atoms. The van der Waals surface area contributed by atoms with Crippen molar-refractivity contribution in [2.24, 2.45) is 11.5 Å². The molecule has 1 heterocycles. The summed E-state index contributed by atoms with van der Waals surface area (Å²) in [7, 11) is 0. The van der Waals surface area contributed by atoms with Gasteiger partial charge in [-0.05, 0) is 66.7 Å². The first-order valence-electron chi connectivity index (χ1n) is 11.0.